The highest BCUT2D eigenvalue weighted by Crippen LogP contribution is 2.33. The summed E-state index contributed by atoms with van der Waals surface area (Å²) in [6.07, 6.45) is 15.3. The maximum atomic E-state index is 13.1. The van der Waals surface area contributed by atoms with E-state index in [0.717, 1.165) is 130 Å². The van der Waals surface area contributed by atoms with Gasteiger partial charge in [-0.05, 0) is 98.5 Å². The number of pyridine rings is 4. The van der Waals surface area contributed by atoms with Gasteiger partial charge in [-0.1, -0.05) is 0 Å². The maximum absolute atomic E-state index is 13.1. The number of hydrogen-bond acceptors (Lipinski definition) is 12. The van der Waals surface area contributed by atoms with Crippen LogP contribution in [0.15, 0.2) is 110 Å². The third-order valence-corrected chi connectivity index (χ3v) is 14.8. The molecule has 0 radical (unpaired) electrons. The number of nitrogens with one attached hydrogen (secondary N) is 3. The standard InChI is InChI=1S/C28H31FN6O2.C14H17ClFNO2.C14H15N5/c29-21-3-5-22(6-4-21)37-19-20-2-1-11-35(17-20)26(36)18-33-12-14-34(15-13-33)25-8-10-30-24-16-32-28-23(27(24)25)7-9-31-28;15-8-14(18)17-7-1-2-11(9-17)10-19-13-5-3-12(16)4-6-13;1-3-17-14-10(1)13-11(9-18-14)16-4-2-12(13)19-7-5-15-6-8-19/h3-10,16,20,30H,1-2,11-15,17-19H2;3-6,11H,1-2,7-10H2;1-4,9,15-16H,5-8H2. The van der Waals surface area contributed by atoms with E-state index >= 15 is 0 Å². The van der Waals surface area contributed by atoms with Crippen LogP contribution in [0.5, 0.6) is 11.5 Å². The Hall–Kier alpha value is -7.15. The number of piperazine rings is 2. The van der Waals surface area contributed by atoms with E-state index in [2.05, 4.69) is 62.1 Å². The molecule has 4 saturated heterocycles. The van der Waals surface area contributed by atoms with Crippen molar-refractivity contribution in [3.63, 3.8) is 0 Å². The highest BCUT2D eigenvalue weighted by atomic mass is 35.5. The first-order valence-corrected chi connectivity index (χ1v) is 26.5. The van der Waals surface area contributed by atoms with Crippen LogP contribution in [0.4, 0.5) is 20.2 Å². The van der Waals surface area contributed by atoms with E-state index in [9.17, 15) is 18.4 Å². The lowest BCUT2D eigenvalue weighted by atomic mass is 9.99. The average Bonchev–Trinajstić information content (AvgIpc) is 4.17. The first-order chi connectivity index (χ1) is 36.8. The molecule has 392 valence electrons. The van der Waals surface area contributed by atoms with E-state index < -0.39 is 0 Å². The molecule has 2 aromatic carbocycles. The van der Waals surface area contributed by atoms with E-state index in [1.807, 2.05) is 48.0 Å². The number of rotatable bonds is 11. The van der Waals surface area contributed by atoms with Gasteiger partial charge in [-0.15, -0.1) is 11.6 Å². The first kappa shape index (κ1) is 51.3. The van der Waals surface area contributed by atoms with Gasteiger partial charge in [0, 0.05) is 148 Å². The second-order valence-electron chi connectivity index (χ2n) is 19.5. The third-order valence-electron chi connectivity index (χ3n) is 14.5. The van der Waals surface area contributed by atoms with E-state index in [4.69, 9.17) is 21.1 Å². The topological polar surface area (TPSA) is 164 Å². The summed E-state index contributed by atoms with van der Waals surface area (Å²) in [5, 5.41) is 7.96. The lowest BCUT2D eigenvalue weighted by molar-refractivity contribution is -0.134. The predicted octanol–water partition coefficient (Wildman–Crippen LogP) is 7.89. The Morgan fingerprint density at radius 2 is 1.07 bits per heavy atom. The van der Waals surface area contributed by atoms with Gasteiger partial charge >= 0.3 is 0 Å². The van der Waals surface area contributed by atoms with Gasteiger partial charge in [-0.25, -0.2) is 28.7 Å². The number of fused-ring (bicyclic) bond motifs is 6. The summed E-state index contributed by atoms with van der Waals surface area (Å²) in [4.78, 5) is 59.6. The smallest absolute Gasteiger partial charge is 0.237 e. The molecular formula is C56H63ClF2N12O4. The van der Waals surface area contributed by atoms with Crippen molar-refractivity contribution in [2.24, 2.45) is 11.8 Å². The van der Waals surface area contributed by atoms with Crippen LogP contribution < -0.4 is 24.6 Å². The maximum Gasteiger partial charge on any atom is 0.237 e. The number of aromatic amines is 2. The van der Waals surface area contributed by atoms with Crippen molar-refractivity contribution >= 4 is 78.7 Å². The van der Waals surface area contributed by atoms with Gasteiger partial charge in [-0.2, -0.15) is 0 Å². The number of carbonyl (C=O) groups excluding carboxylic acids is 2. The number of benzene rings is 2. The summed E-state index contributed by atoms with van der Waals surface area (Å²) in [6.45, 7) is 12.0. The van der Waals surface area contributed by atoms with E-state index in [-0.39, 0.29) is 29.3 Å². The number of alkyl halides is 1. The number of carbonyl (C=O) groups is 2. The number of H-pyrrole nitrogens is 2. The normalized spacial score (nSPS) is 18.4. The molecule has 8 aromatic rings. The summed E-state index contributed by atoms with van der Waals surface area (Å²) in [5.74, 6) is 1.58. The minimum Gasteiger partial charge on any atom is -0.493 e. The number of likely N-dealkylation sites (tertiary alicyclic amines) is 2. The molecule has 0 aliphatic carbocycles. The van der Waals surface area contributed by atoms with Crippen LogP contribution in [0.3, 0.4) is 0 Å². The fourth-order valence-electron chi connectivity index (χ4n) is 10.6. The highest BCUT2D eigenvalue weighted by Gasteiger charge is 2.28. The monoisotopic (exact) mass is 1040 g/mol. The molecule has 19 heteroatoms. The Bertz CT molecular complexity index is 3160. The summed E-state index contributed by atoms with van der Waals surface area (Å²) in [6, 6.07) is 20.4. The van der Waals surface area contributed by atoms with Gasteiger partial charge in [0.2, 0.25) is 11.8 Å². The average molecular weight is 1040 g/mol. The van der Waals surface area contributed by atoms with Crippen molar-refractivity contribution in [1.29, 1.82) is 0 Å². The first-order valence-electron chi connectivity index (χ1n) is 26.0. The van der Waals surface area contributed by atoms with E-state index in [1.54, 1.807) is 35.4 Å². The molecule has 2 atom stereocenters. The van der Waals surface area contributed by atoms with Gasteiger partial charge in [-0.3, -0.25) is 14.5 Å². The highest BCUT2D eigenvalue weighted by molar-refractivity contribution is 6.27. The number of anilines is 2. The number of amides is 2. The molecule has 6 aromatic heterocycles. The molecule has 0 spiro atoms. The fourth-order valence-corrected chi connectivity index (χ4v) is 10.7. The summed E-state index contributed by atoms with van der Waals surface area (Å²) >= 11 is 5.56. The summed E-state index contributed by atoms with van der Waals surface area (Å²) < 4.78 is 37.3. The zero-order valence-corrected chi connectivity index (χ0v) is 42.7. The molecule has 4 aliphatic rings. The largest absolute Gasteiger partial charge is 0.493 e. The zero-order chi connectivity index (χ0) is 51.5. The summed E-state index contributed by atoms with van der Waals surface area (Å²) in [5.41, 5.74) is 6.11. The predicted molar refractivity (Wildman–Crippen MR) is 290 cm³/mol. The fraction of sp³-hybridized carbons (Fsp3) is 0.393. The second kappa shape index (κ2) is 24.5. The quantitative estimate of drug-likeness (QED) is 0.108. The third kappa shape index (κ3) is 12.7. The Morgan fingerprint density at radius 3 is 1.56 bits per heavy atom. The van der Waals surface area contributed by atoms with E-state index in [0.29, 0.717) is 56.2 Å². The van der Waals surface area contributed by atoms with Gasteiger partial charge in [0.15, 0.2) is 11.3 Å². The van der Waals surface area contributed by atoms with Crippen molar-refractivity contribution in [3.05, 3.63) is 122 Å². The van der Waals surface area contributed by atoms with Crippen molar-refractivity contribution in [3.8, 4) is 11.5 Å². The minimum atomic E-state index is -0.274. The van der Waals surface area contributed by atoms with Gasteiger partial charge in [0.05, 0.1) is 43.2 Å². The molecular weight excluding hydrogens is 978 g/mol. The molecule has 75 heavy (non-hydrogen) atoms. The molecule has 0 bridgehead atoms. The Morgan fingerprint density at radius 1 is 0.587 bits per heavy atom. The molecule has 10 heterocycles. The number of aromatic nitrogens is 6. The van der Waals surface area contributed by atoms with E-state index in [1.165, 1.54) is 41.0 Å². The SMILES string of the molecule is O=C(CCl)N1CCCC(COc2ccc(F)cc2)C1.O=C(CN1CCN(c2cc[nH]c3cnc4nccc4c23)CC1)N1CCCC(COc2ccc(F)cc2)C1.c1cc2c(n1)ncc1[nH]ccc(N3CCNCC3)c12. The number of nitrogens with zero attached hydrogens (tertiary/aromatic N) is 9. The second-order valence-corrected chi connectivity index (χ2v) is 19.8. The zero-order valence-electron chi connectivity index (χ0n) is 42.0. The number of piperidine rings is 2. The van der Waals surface area contributed by atoms with Crippen LogP contribution in [0, 0.1) is 23.5 Å². The summed E-state index contributed by atoms with van der Waals surface area (Å²) in [7, 11) is 0. The lowest BCUT2D eigenvalue weighted by Crippen LogP contribution is -2.51. The molecule has 16 nitrogen and oxygen atoms in total. The van der Waals surface area contributed by atoms with Gasteiger partial charge in [0.25, 0.3) is 0 Å². The van der Waals surface area contributed by atoms with Gasteiger partial charge in [0.1, 0.15) is 29.0 Å². The molecule has 3 N–H and O–H groups in total. The Balaban J connectivity index is 0.000000142. The van der Waals surface area contributed by atoms with Crippen molar-refractivity contribution in [1.82, 2.24) is 49.9 Å². The van der Waals surface area contributed by atoms with Gasteiger partial charge < -0.3 is 44.4 Å². The molecule has 0 saturated carbocycles. The van der Waals surface area contributed by atoms with Crippen LogP contribution in [0.1, 0.15) is 25.7 Å². The molecule has 4 aliphatic heterocycles. The Kier molecular flexibility index (Phi) is 16.7. The molecule has 12 rings (SSSR count). The van der Waals surface area contributed by atoms with Crippen LogP contribution in [0.25, 0.3) is 43.9 Å². The van der Waals surface area contributed by atoms with Crippen molar-refractivity contribution < 1.29 is 27.8 Å². The van der Waals surface area contributed by atoms with Crippen LogP contribution in [-0.2, 0) is 9.59 Å². The van der Waals surface area contributed by atoms with Crippen LogP contribution >= 0.6 is 11.6 Å². The van der Waals surface area contributed by atoms with Crippen molar-refractivity contribution in [2.45, 2.75) is 25.7 Å². The lowest BCUT2D eigenvalue weighted by Gasteiger charge is -2.38. The Labute approximate surface area is 439 Å². The number of hydrogen-bond donors (Lipinski definition) is 3. The number of halogens is 3. The number of ether oxygens (including phenoxy) is 2. The molecule has 4 fully saturated rings. The molecule has 2 unspecified atom stereocenters. The van der Waals surface area contributed by atoms with Crippen LogP contribution in [0.2, 0.25) is 0 Å². The minimum absolute atomic E-state index is 0.0202. The van der Waals surface area contributed by atoms with Crippen molar-refractivity contribution in [2.75, 3.05) is 114 Å². The van der Waals surface area contributed by atoms with Crippen LogP contribution in [-0.4, -0.2) is 161 Å². The molecule has 2 amide bonds.